The number of nitrogens with zero attached hydrogens (tertiary/aromatic N) is 2. The summed E-state index contributed by atoms with van der Waals surface area (Å²) in [6.45, 7) is 8.68. The number of carbonyl (C=O) groups is 2. The van der Waals surface area contributed by atoms with Gasteiger partial charge in [0.2, 0.25) is 0 Å². The van der Waals surface area contributed by atoms with Gasteiger partial charge < -0.3 is 20.3 Å². The SMILES string of the molecule is C=CCNC(=O)C(=O)NCCN1CCN(c2ccc(OC)cc2)CC1. The Morgan fingerprint density at radius 3 is 2.36 bits per heavy atom. The molecule has 1 aliphatic heterocycles. The van der Waals surface area contributed by atoms with Crippen LogP contribution in [0.1, 0.15) is 0 Å². The normalized spacial score (nSPS) is 14.7. The van der Waals surface area contributed by atoms with Crippen LogP contribution in [0.5, 0.6) is 5.75 Å². The first-order valence-electron chi connectivity index (χ1n) is 8.42. The molecule has 2 rings (SSSR count). The summed E-state index contributed by atoms with van der Waals surface area (Å²) in [6.07, 6.45) is 1.54. The summed E-state index contributed by atoms with van der Waals surface area (Å²) in [7, 11) is 1.66. The summed E-state index contributed by atoms with van der Waals surface area (Å²) in [6, 6.07) is 8.07. The minimum Gasteiger partial charge on any atom is -0.497 e. The third-order valence-corrected chi connectivity index (χ3v) is 4.14. The summed E-state index contributed by atoms with van der Waals surface area (Å²) in [5, 5.41) is 5.09. The van der Waals surface area contributed by atoms with Crippen molar-refractivity contribution in [2.75, 3.05) is 57.8 Å². The number of anilines is 1. The van der Waals surface area contributed by atoms with E-state index in [0.29, 0.717) is 13.1 Å². The predicted molar refractivity (Wildman–Crippen MR) is 97.9 cm³/mol. The minimum atomic E-state index is -0.621. The van der Waals surface area contributed by atoms with Crippen molar-refractivity contribution in [2.45, 2.75) is 0 Å². The summed E-state index contributed by atoms with van der Waals surface area (Å²) < 4.78 is 5.18. The Hall–Kier alpha value is -2.54. The van der Waals surface area contributed by atoms with Crippen LogP contribution in [0.15, 0.2) is 36.9 Å². The van der Waals surface area contributed by atoms with Crippen molar-refractivity contribution in [3.05, 3.63) is 36.9 Å². The van der Waals surface area contributed by atoms with Gasteiger partial charge in [-0.25, -0.2) is 0 Å². The number of nitrogens with one attached hydrogen (secondary N) is 2. The second-order valence-corrected chi connectivity index (χ2v) is 5.78. The number of carbonyl (C=O) groups excluding carboxylic acids is 2. The van der Waals surface area contributed by atoms with Gasteiger partial charge in [0.05, 0.1) is 7.11 Å². The number of rotatable bonds is 7. The molecule has 0 aliphatic carbocycles. The number of piperazine rings is 1. The molecule has 1 aliphatic rings. The van der Waals surface area contributed by atoms with Gasteiger partial charge in [0.15, 0.2) is 0 Å². The van der Waals surface area contributed by atoms with Gasteiger partial charge in [-0.15, -0.1) is 6.58 Å². The maximum absolute atomic E-state index is 11.6. The second kappa shape index (κ2) is 9.68. The third kappa shape index (κ3) is 5.79. The highest BCUT2D eigenvalue weighted by atomic mass is 16.5. The van der Waals surface area contributed by atoms with E-state index in [0.717, 1.165) is 38.5 Å². The van der Waals surface area contributed by atoms with Crippen LogP contribution >= 0.6 is 0 Å². The molecule has 0 radical (unpaired) electrons. The standard InChI is InChI=1S/C18H26N4O3/c1-3-8-19-17(23)18(24)20-9-10-21-11-13-22(14-12-21)15-4-6-16(25-2)7-5-15/h3-7H,1,8-14H2,2H3,(H,19,23)(H,20,24). The molecule has 1 heterocycles. The van der Waals surface area contributed by atoms with Gasteiger partial charge in [0, 0.05) is 51.5 Å². The van der Waals surface area contributed by atoms with Crippen LogP contribution in [0.2, 0.25) is 0 Å². The summed E-state index contributed by atoms with van der Waals surface area (Å²) in [5.74, 6) is -0.363. The molecule has 7 nitrogen and oxygen atoms in total. The van der Waals surface area contributed by atoms with E-state index in [1.165, 1.54) is 11.8 Å². The van der Waals surface area contributed by atoms with Crippen molar-refractivity contribution in [3.63, 3.8) is 0 Å². The third-order valence-electron chi connectivity index (χ3n) is 4.14. The quantitative estimate of drug-likeness (QED) is 0.546. The Bertz CT molecular complexity index is 580. The van der Waals surface area contributed by atoms with Gasteiger partial charge >= 0.3 is 11.8 Å². The fourth-order valence-electron chi connectivity index (χ4n) is 2.68. The van der Waals surface area contributed by atoms with Crippen molar-refractivity contribution in [1.29, 1.82) is 0 Å². The minimum absolute atomic E-state index is 0.291. The molecule has 0 atom stereocenters. The molecule has 136 valence electrons. The van der Waals surface area contributed by atoms with Crippen LogP contribution in [0.3, 0.4) is 0 Å². The lowest BCUT2D eigenvalue weighted by Crippen LogP contribution is -2.49. The van der Waals surface area contributed by atoms with Gasteiger partial charge in [-0.2, -0.15) is 0 Å². The zero-order chi connectivity index (χ0) is 18.1. The Balaban J connectivity index is 1.67. The van der Waals surface area contributed by atoms with Crippen molar-refractivity contribution in [3.8, 4) is 5.75 Å². The van der Waals surface area contributed by atoms with Gasteiger partial charge in [-0.1, -0.05) is 6.08 Å². The first-order valence-corrected chi connectivity index (χ1v) is 8.42. The van der Waals surface area contributed by atoms with E-state index in [9.17, 15) is 9.59 Å². The van der Waals surface area contributed by atoms with Gasteiger partial charge in [0.25, 0.3) is 0 Å². The Morgan fingerprint density at radius 2 is 1.76 bits per heavy atom. The molecule has 0 bridgehead atoms. The highest BCUT2D eigenvalue weighted by Gasteiger charge is 2.18. The number of methoxy groups -OCH3 is 1. The number of amides is 2. The largest absolute Gasteiger partial charge is 0.497 e. The van der Waals surface area contributed by atoms with Crippen molar-refractivity contribution >= 4 is 17.5 Å². The lowest BCUT2D eigenvalue weighted by atomic mass is 10.2. The van der Waals surface area contributed by atoms with Gasteiger partial charge in [0.1, 0.15) is 5.75 Å². The number of hydrogen-bond acceptors (Lipinski definition) is 5. The Labute approximate surface area is 148 Å². The first-order chi connectivity index (χ1) is 12.1. The molecule has 1 aromatic rings. The van der Waals surface area contributed by atoms with Crippen LogP contribution in [0.4, 0.5) is 5.69 Å². The van der Waals surface area contributed by atoms with E-state index in [2.05, 4.69) is 39.1 Å². The molecule has 0 saturated carbocycles. The fraction of sp³-hybridized carbons (Fsp3) is 0.444. The average Bonchev–Trinajstić information content (AvgIpc) is 2.66. The summed E-state index contributed by atoms with van der Waals surface area (Å²) in [4.78, 5) is 27.6. The smallest absolute Gasteiger partial charge is 0.309 e. The lowest BCUT2D eigenvalue weighted by molar-refractivity contribution is -0.139. The van der Waals surface area contributed by atoms with E-state index < -0.39 is 11.8 Å². The van der Waals surface area contributed by atoms with E-state index >= 15 is 0 Å². The van der Waals surface area contributed by atoms with Crippen molar-refractivity contribution < 1.29 is 14.3 Å². The first kappa shape index (κ1) is 18.8. The molecule has 1 saturated heterocycles. The lowest BCUT2D eigenvalue weighted by Gasteiger charge is -2.36. The number of hydrogen-bond donors (Lipinski definition) is 2. The van der Waals surface area contributed by atoms with Crippen LogP contribution in [-0.4, -0.2) is 69.6 Å². The monoisotopic (exact) mass is 346 g/mol. The predicted octanol–water partition coefficient (Wildman–Crippen LogP) is 0.236. The van der Waals surface area contributed by atoms with E-state index in [1.54, 1.807) is 7.11 Å². The molecular formula is C18H26N4O3. The molecule has 0 unspecified atom stereocenters. The molecule has 25 heavy (non-hydrogen) atoms. The Morgan fingerprint density at radius 1 is 1.12 bits per heavy atom. The van der Waals surface area contributed by atoms with E-state index in [-0.39, 0.29) is 0 Å². The van der Waals surface area contributed by atoms with Gasteiger partial charge in [-0.05, 0) is 24.3 Å². The van der Waals surface area contributed by atoms with E-state index in [4.69, 9.17) is 4.74 Å². The maximum Gasteiger partial charge on any atom is 0.309 e. The molecule has 1 fully saturated rings. The van der Waals surface area contributed by atoms with Crippen LogP contribution < -0.4 is 20.3 Å². The molecular weight excluding hydrogens is 320 g/mol. The zero-order valence-corrected chi connectivity index (χ0v) is 14.7. The van der Waals surface area contributed by atoms with Crippen LogP contribution in [0.25, 0.3) is 0 Å². The number of ether oxygens (including phenoxy) is 1. The van der Waals surface area contributed by atoms with Crippen LogP contribution in [0, 0.1) is 0 Å². The Kier molecular flexibility index (Phi) is 7.28. The molecule has 1 aromatic carbocycles. The van der Waals surface area contributed by atoms with E-state index in [1.807, 2.05) is 12.1 Å². The molecule has 2 amide bonds. The fourth-order valence-corrected chi connectivity index (χ4v) is 2.68. The summed E-state index contributed by atoms with van der Waals surface area (Å²) >= 11 is 0. The summed E-state index contributed by atoms with van der Waals surface area (Å²) in [5.41, 5.74) is 1.19. The molecule has 2 N–H and O–H groups in total. The number of benzene rings is 1. The molecule has 7 heteroatoms. The highest BCUT2D eigenvalue weighted by molar-refractivity contribution is 6.35. The molecule has 0 aromatic heterocycles. The highest BCUT2D eigenvalue weighted by Crippen LogP contribution is 2.20. The average molecular weight is 346 g/mol. The van der Waals surface area contributed by atoms with Gasteiger partial charge in [-0.3, -0.25) is 14.5 Å². The van der Waals surface area contributed by atoms with Crippen molar-refractivity contribution in [2.24, 2.45) is 0 Å². The topological polar surface area (TPSA) is 73.9 Å². The second-order valence-electron chi connectivity index (χ2n) is 5.78. The van der Waals surface area contributed by atoms with Crippen LogP contribution in [-0.2, 0) is 9.59 Å². The maximum atomic E-state index is 11.6. The van der Waals surface area contributed by atoms with Crippen molar-refractivity contribution in [1.82, 2.24) is 15.5 Å². The molecule has 0 spiro atoms. The zero-order valence-electron chi connectivity index (χ0n) is 14.7.